The summed E-state index contributed by atoms with van der Waals surface area (Å²) in [5, 5.41) is 6.52. The van der Waals surface area contributed by atoms with E-state index in [4.69, 9.17) is 16.3 Å². The van der Waals surface area contributed by atoms with Crippen LogP contribution in [0.2, 0.25) is 5.02 Å². The molecular weight excluding hydrogens is 366 g/mol. The average Bonchev–Trinajstić information content (AvgIpc) is 3.21. The van der Waals surface area contributed by atoms with Crippen molar-refractivity contribution in [2.24, 2.45) is 0 Å². The second kappa shape index (κ2) is 8.77. The van der Waals surface area contributed by atoms with Crippen molar-refractivity contribution in [3.8, 4) is 0 Å². The SMILES string of the molecule is COC(=O)c1ccccc1NC(=O)CNc1cc(Cl)ccc1N1CCCC1. The van der Waals surface area contributed by atoms with Crippen LogP contribution in [0, 0.1) is 0 Å². The number of nitrogens with one attached hydrogen (secondary N) is 2. The van der Waals surface area contributed by atoms with Crippen LogP contribution in [0.15, 0.2) is 42.5 Å². The molecule has 1 fully saturated rings. The van der Waals surface area contributed by atoms with Crippen LogP contribution in [0.1, 0.15) is 23.2 Å². The number of halogens is 1. The van der Waals surface area contributed by atoms with Gasteiger partial charge in [0.05, 0.1) is 36.3 Å². The van der Waals surface area contributed by atoms with Gasteiger partial charge >= 0.3 is 5.97 Å². The van der Waals surface area contributed by atoms with Crippen molar-refractivity contribution >= 4 is 40.5 Å². The standard InChI is InChI=1S/C20H22ClN3O3/c1-27-20(26)15-6-2-3-7-16(15)23-19(25)13-22-17-12-14(21)8-9-18(17)24-10-4-5-11-24/h2-3,6-9,12,22H,4-5,10-11,13H2,1H3,(H,23,25). The van der Waals surface area contributed by atoms with Crippen LogP contribution in [0.4, 0.5) is 17.1 Å². The van der Waals surface area contributed by atoms with Gasteiger partial charge in [0.25, 0.3) is 0 Å². The van der Waals surface area contributed by atoms with Gasteiger partial charge in [0.15, 0.2) is 0 Å². The van der Waals surface area contributed by atoms with Gasteiger partial charge < -0.3 is 20.3 Å². The zero-order valence-electron chi connectivity index (χ0n) is 15.1. The molecule has 2 aromatic rings. The van der Waals surface area contributed by atoms with Crippen LogP contribution in [-0.2, 0) is 9.53 Å². The molecule has 0 atom stereocenters. The number of hydrogen-bond donors (Lipinski definition) is 2. The van der Waals surface area contributed by atoms with Gasteiger partial charge in [-0.2, -0.15) is 0 Å². The monoisotopic (exact) mass is 387 g/mol. The van der Waals surface area contributed by atoms with E-state index in [0.29, 0.717) is 16.3 Å². The van der Waals surface area contributed by atoms with Crippen molar-refractivity contribution in [3.63, 3.8) is 0 Å². The Kier molecular flexibility index (Phi) is 6.19. The lowest BCUT2D eigenvalue weighted by Crippen LogP contribution is -2.25. The maximum Gasteiger partial charge on any atom is 0.339 e. The number of rotatable bonds is 6. The molecule has 1 saturated heterocycles. The summed E-state index contributed by atoms with van der Waals surface area (Å²) >= 11 is 6.13. The number of para-hydroxylation sites is 1. The number of ether oxygens (including phenoxy) is 1. The highest BCUT2D eigenvalue weighted by Gasteiger charge is 2.17. The van der Waals surface area contributed by atoms with E-state index in [9.17, 15) is 9.59 Å². The number of methoxy groups -OCH3 is 1. The average molecular weight is 388 g/mol. The molecule has 1 amide bonds. The van der Waals surface area contributed by atoms with E-state index in [0.717, 1.165) is 37.3 Å². The Morgan fingerprint density at radius 1 is 1.11 bits per heavy atom. The highest BCUT2D eigenvalue weighted by molar-refractivity contribution is 6.31. The number of nitrogens with zero attached hydrogens (tertiary/aromatic N) is 1. The lowest BCUT2D eigenvalue weighted by atomic mass is 10.2. The molecule has 0 aliphatic carbocycles. The van der Waals surface area contributed by atoms with Crippen LogP contribution in [-0.4, -0.2) is 38.6 Å². The second-order valence-corrected chi connectivity index (χ2v) is 6.73. The molecule has 0 aromatic heterocycles. The minimum absolute atomic E-state index is 0.0523. The number of esters is 1. The third kappa shape index (κ3) is 4.71. The number of carbonyl (C=O) groups is 2. The lowest BCUT2D eigenvalue weighted by molar-refractivity contribution is -0.114. The molecule has 0 saturated carbocycles. The second-order valence-electron chi connectivity index (χ2n) is 6.29. The fraction of sp³-hybridized carbons (Fsp3) is 0.300. The minimum atomic E-state index is -0.495. The molecule has 0 radical (unpaired) electrons. The maximum atomic E-state index is 12.4. The third-order valence-corrected chi connectivity index (χ3v) is 4.69. The van der Waals surface area contributed by atoms with E-state index >= 15 is 0 Å². The molecule has 1 aliphatic heterocycles. The van der Waals surface area contributed by atoms with Gasteiger partial charge in [-0.3, -0.25) is 4.79 Å². The molecular formula is C20H22ClN3O3. The Morgan fingerprint density at radius 3 is 2.59 bits per heavy atom. The Bertz CT molecular complexity index is 835. The minimum Gasteiger partial charge on any atom is -0.465 e. The topological polar surface area (TPSA) is 70.7 Å². The van der Waals surface area contributed by atoms with Gasteiger partial charge in [0.2, 0.25) is 5.91 Å². The van der Waals surface area contributed by atoms with E-state index in [1.807, 2.05) is 18.2 Å². The molecule has 3 rings (SSSR count). The largest absolute Gasteiger partial charge is 0.465 e. The maximum absolute atomic E-state index is 12.4. The molecule has 27 heavy (non-hydrogen) atoms. The summed E-state index contributed by atoms with van der Waals surface area (Å²) in [6.45, 7) is 2.04. The van der Waals surface area contributed by atoms with Crippen molar-refractivity contribution in [2.45, 2.75) is 12.8 Å². The van der Waals surface area contributed by atoms with Crippen molar-refractivity contribution < 1.29 is 14.3 Å². The first kappa shape index (κ1) is 19.0. The smallest absolute Gasteiger partial charge is 0.339 e. The summed E-state index contributed by atoms with van der Waals surface area (Å²) in [6, 6.07) is 12.4. The van der Waals surface area contributed by atoms with Crippen LogP contribution in [0.3, 0.4) is 0 Å². The number of benzene rings is 2. The first-order valence-corrected chi connectivity index (χ1v) is 9.22. The van der Waals surface area contributed by atoms with Crippen molar-refractivity contribution in [3.05, 3.63) is 53.1 Å². The van der Waals surface area contributed by atoms with E-state index < -0.39 is 5.97 Å². The molecule has 0 unspecified atom stereocenters. The summed E-state index contributed by atoms with van der Waals surface area (Å²) in [5.74, 6) is -0.760. The molecule has 7 heteroatoms. The molecule has 2 aromatic carbocycles. The Morgan fingerprint density at radius 2 is 1.85 bits per heavy atom. The van der Waals surface area contributed by atoms with Crippen LogP contribution < -0.4 is 15.5 Å². The van der Waals surface area contributed by atoms with E-state index in [2.05, 4.69) is 15.5 Å². The van der Waals surface area contributed by atoms with Crippen LogP contribution >= 0.6 is 11.6 Å². The zero-order chi connectivity index (χ0) is 19.2. The quantitative estimate of drug-likeness (QED) is 0.738. The van der Waals surface area contributed by atoms with E-state index in [1.165, 1.54) is 7.11 Å². The summed E-state index contributed by atoms with van der Waals surface area (Å²) in [4.78, 5) is 26.5. The molecule has 142 valence electrons. The summed E-state index contributed by atoms with van der Waals surface area (Å²) in [7, 11) is 1.31. The highest BCUT2D eigenvalue weighted by Crippen LogP contribution is 2.31. The molecule has 0 bridgehead atoms. The summed E-state index contributed by atoms with van der Waals surface area (Å²) in [5.41, 5.74) is 2.59. The molecule has 2 N–H and O–H groups in total. The van der Waals surface area contributed by atoms with Crippen LogP contribution in [0.25, 0.3) is 0 Å². The zero-order valence-corrected chi connectivity index (χ0v) is 15.9. The number of anilines is 3. The fourth-order valence-electron chi connectivity index (χ4n) is 3.13. The third-order valence-electron chi connectivity index (χ3n) is 4.45. The highest BCUT2D eigenvalue weighted by atomic mass is 35.5. The number of carbonyl (C=O) groups excluding carboxylic acids is 2. The molecule has 1 aliphatic rings. The van der Waals surface area contributed by atoms with Gasteiger partial charge in [-0.25, -0.2) is 4.79 Å². The van der Waals surface area contributed by atoms with Crippen molar-refractivity contribution in [2.75, 3.05) is 42.3 Å². The molecule has 6 nitrogen and oxygen atoms in total. The first-order valence-electron chi connectivity index (χ1n) is 8.84. The predicted molar refractivity (Wildman–Crippen MR) is 108 cm³/mol. The number of amides is 1. The summed E-state index contributed by atoms with van der Waals surface area (Å²) in [6.07, 6.45) is 2.32. The molecule has 0 spiro atoms. The van der Waals surface area contributed by atoms with Gasteiger partial charge in [-0.05, 0) is 43.2 Å². The predicted octanol–water partition coefficient (Wildman–Crippen LogP) is 3.78. The van der Waals surface area contributed by atoms with Gasteiger partial charge in [0, 0.05) is 18.1 Å². The van der Waals surface area contributed by atoms with E-state index in [1.54, 1.807) is 24.3 Å². The molecule has 1 heterocycles. The van der Waals surface area contributed by atoms with Crippen molar-refractivity contribution in [1.82, 2.24) is 0 Å². The Balaban J connectivity index is 1.68. The Hall–Kier alpha value is -2.73. The van der Waals surface area contributed by atoms with Crippen molar-refractivity contribution in [1.29, 1.82) is 0 Å². The normalized spacial score (nSPS) is 13.3. The van der Waals surface area contributed by atoms with Gasteiger partial charge in [0.1, 0.15) is 0 Å². The van der Waals surface area contributed by atoms with Crippen LogP contribution in [0.5, 0.6) is 0 Å². The van der Waals surface area contributed by atoms with Gasteiger partial charge in [-0.1, -0.05) is 23.7 Å². The summed E-state index contributed by atoms with van der Waals surface area (Å²) < 4.78 is 4.75. The Labute approximate surface area is 163 Å². The lowest BCUT2D eigenvalue weighted by Gasteiger charge is -2.22. The number of hydrogen-bond acceptors (Lipinski definition) is 5. The van der Waals surface area contributed by atoms with E-state index in [-0.39, 0.29) is 12.5 Å². The first-order chi connectivity index (χ1) is 13.1. The fourth-order valence-corrected chi connectivity index (χ4v) is 3.31. The van der Waals surface area contributed by atoms with Gasteiger partial charge in [-0.15, -0.1) is 0 Å².